The zero-order valence-corrected chi connectivity index (χ0v) is 35.7. The molecule has 3 saturated carbocycles. The van der Waals surface area contributed by atoms with Crippen molar-refractivity contribution in [3.63, 3.8) is 0 Å². The molecule has 5 rings (SSSR count). The van der Waals surface area contributed by atoms with Crippen LogP contribution in [-0.2, 0) is 34.2 Å². The third-order valence-electron chi connectivity index (χ3n) is 14.4. The van der Waals surface area contributed by atoms with Gasteiger partial charge in [-0.05, 0) is 82.1 Å². The van der Waals surface area contributed by atoms with E-state index in [1.807, 2.05) is 20.8 Å². The highest BCUT2D eigenvalue weighted by Gasteiger charge is 2.85. The van der Waals surface area contributed by atoms with E-state index in [0.29, 0.717) is 19.4 Å². The number of piperidine rings is 1. The Balaban J connectivity index is 1.39. The van der Waals surface area contributed by atoms with Gasteiger partial charge in [0.15, 0.2) is 0 Å². The molecule has 14 nitrogen and oxygen atoms in total. The predicted octanol–water partition coefficient (Wildman–Crippen LogP) is 2.85. The lowest BCUT2D eigenvalue weighted by Crippen LogP contribution is -2.62. The van der Waals surface area contributed by atoms with Crippen molar-refractivity contribution in [3.8, 4) is 0 Å². The number of nitrogens with zero attached hydrogens (tertiary/aromatic N) is 3. The average molecular weight is 790 g/mol. The number of likely N-dealkylation sites (tertiary alicyclic amines) is 2. The fourth-order valence-electron chi connectivity index (χ4n) is 10.5. The van der Waals surface area contributed by atoms with Gasteiger partial charge in [-0.25, -0.2) is 4.72 Å². The van der Waals surface area contributed by atoms with Crippen LogP contribution in [0.4, 0.5) is 0 Å². The van der Waals surface area contributed by atoms with Gasteiger partial charge in [-0.2, -0.15) is 12.7 Å². The second-order valence-corrected chi connectivity index (χ2v) is 20.4. The molecule has 0 bridgehead atoms. The quantitative estimate of drug-likeness (QED) is 0.194. The molecule has 0 aromatic carbocycles. The Morgan fingerprint density at radius 3 is 2.04 bits per heavy atom. The summed E-state index contributed by atoms with van der Waals surface area (Å²) in [4.78, 5) is 74.2. The third-order valence-corrected chi connectivity index (χ3v) is 16.0. The minimum absolute atomic E-state index is 0.0219. The Labute approximate surface area is 328 Å². The maximum absolute atomic E-state index is 14.9. The Kier molecular flexibility index (Phi) is 11.8. The van der Waals surface area contributed by atoms with Gasteiger partial charge < -0.3 is 20.9 Å². The Morgan fingerprint density at radius 2 is 1.55 bits per heavy atom. The first kappa shape index (κ1) is 43.1. The van der Waals surface area contributed by atoms with Gasteiger partial charge >= 0.3 is 10.2 Å². The summed E-state index contributed by atoms with van der Waals surface area (Å²) in [6, 6.07) is -3.07. The summed E-state index contributed by atoms with van der Waals surface area (Å²) in [7, 11) is -4.16. The van der Waals surface area contributed by atoms with E-state index < -0.39 is 68.8 Å². The molecule has 0 aromatic rings. The summed E-state index contributed by atoms with van der Waals surface area (Å²) in [5, 5.41) is 8.76. The summed E-state index contributed by atoms with van der Waals surface area (Å²) >= 11 is 0. The van der Waals surface area contributed by atoms with E-state index in [2.05, 4.69) is 59.8 Å². The highest BCUT2D eigenvalue weighted by molar-refractivity contribution is 7.87. The number of hydrogen-bond acceptors (Lipinski definition) is 8. The van der Waals surface area contributed by atoms with Crippen molar-refractivity contribution in [3.05, 3.63) is 12.7 Å². The van der Waals surface area contributed by atoms with Crippen LogP contribution in [0.3, 0.4) is 0 Å². The minimum atomic E-state index is -4.16. The van der Waals surface area contributed by atoms with E-state index >= 15 is 0 Å². The highest BCUT2D eigenvalue weighted by Crippen LogP contribution is 2.88. The van der Waals surface area contributed by atoms with Crippen molar-refractivity contribution in [2.45, 2.75) is 156 Å². The number of hydrogen-bond donors (Lipinski definition) is 4. The lowest BCUT2D eigenvalue weighted by Gasteiger charge is -2.38. The van der Waals surface area contributed by atoms with Gasteiger partial charge in [-0.3, -0.25) is 28.9 Å². The SMILES string of the molecule is C=C[C@@H]1C[C@]1(NC(=O)[C@@H]1C[C@@]2(CN1C(=O)[C@@H](NC(=O)[C@H](C)NC(=O)[C@@H]1CCCCN1C(C)C)C(C)(C)C)C(C)(C)C21CCC1)C(=O)NS(=O)(=O)N(CC)CC. The molecule has 0 aromatic heterocycles. The minimum Gasteiger partial charge on any atom is -0.343 e. The van der Waals surface area contributed by atoms with Crippen LogP contribution >= 0.6 is 0 Å². The molecule has 2 spiro atoms. The number of carbonyl (C=O) groups is 5. The van der Waals surface area contributed by atoms with Crippen LogP contribution in [0.1, 0.15) is 121 Å². The van der Waals surface area contributed by atoms with Crippen molar-refractivity contribution >= 4 is 39.7 Å². The number of rotatable bonds is 14. The second-order valence-electron chi connectivity index (χ2n) is 18.7. The van der Waals surface area contributed by atoms with Gasteiger partial charge in [0, 0.05) is 37.0 Å². The van der Waals surface area contributed by atoms with E-state index in [1.54, 1.807) is 25.7 Å². The van der Waals surface area contributed by atoms with Gasteiger partial charge in [-0.15, -0.1) is 6.58 Å². The van der Waals surface area contributed by atoms with Crippen LogP contribution in [-0.4, -0.2) is 114 Å². The molecule has 7 atom stereocenters. The molecule has 55 heavy (non-hydrogen) atoms. The van der Waals surface area contributed by atoms with E-state index in [-0.39, 0.29) is 53.7 Å². The summed E-state index contributed by atoms with van der Waals surface area (Å²) in [6.07, 6.45) is 7.82. The predicted molar refractivity (Wildman–Crippen MR) is 210 cm³/mol. The number of amides is 5. The lowest BCUT2D eigenvalue weighted by molar-refractivity contribution is -0.145. The number of carbonyl (C=O) groups excluding carboxylic acids is 5. The van der Waals surface area contributed by atoms with Gasteiger partial charge in [0.05, 0.1) is 6.04 Å². The van der Waals surface area contributed by atoms with Crippen LogP contribution in [0.15, 0.2) is 12.7 Å². The van der Waals surface area contributed by atoms with Crippen LogP contribution in [0.2, 0.25) is 0 Å². The highest BCUT2D eigenvalue weighted by atomic mass is 32.2. The first-order valence-corrected chi connectivity index (χ1v) is 21.9. The average Bonchev–Trinajstić information content (AvgIpc) is 3.81. The maximum atomic E-state index is 14.9. The van der Waals surface area contributed by atoms with Crippen LogP contribution in [0.25, 0.3) is 0 Å². The van der Waals surface area contributed by atoms with Crippen molar-refractivity contribution in [1.29, 1.82) is 0 Å². The molecular weight excluding hydrogens is 723 g/mol. The fraction of sp³-hybridized carbons (Fsp3) is 0.825. The monoisotopic (exact) mass is 789 g/mol. The van der Waals surface area contributed by atoms with Crippen LogP contribution in [0, 0.1) is 27.6 Å². The lowest BCUT2D eigenvalue weighted by atomic mass is 9.73. The van der Waals surface area contributed by atoms with Gasteiger partial charge in [0.1, 0.15) is 23.7 Å². The van der Waals surface area contributed by atoms with Gasteiger partial charge in [0.25, 0.3) is 5.91 Å². The molecule has 0 unspecified atom stereocenters. The normalized spacial score (nSPS) is 30.7. The molecule has 15 heteroatoms. The zero-order valence-electron chi connectivity index (χ0n) is 34.8. The summed E-state index contributed by atoms with van der Waals surface area (Å²) in [6.45, 7) is 24.3. The zero-order chi connectivity index (χ0) is 41.1. The Morgan fingerprint density at radius 1 is 0.909 bits per heavy atom. The molecule has 2 heterocycles. The molecule has 3 aliphatic carbocycles. The molecule has 4 N–H and O–H groups in total. The van der Waals surface area contributed by atoms with Crippen molar-refractivity contribution < 1.29 is 32.4 Å². The molecule has 5 amide bonds. The second kappa shape index (κ2) is 15.0. The molecule has 2 saturated heterocycles. The fourth-order valence-corrected chi connectivity index (χ4v) is 11.8. The molecule has 310 valence electrons. The van der Waals surface area contributed by atoms with Gasteiger partial charge in [0.2, 0.25) is 23.6 Å². The van der Waals surface area contributed by atoms with Crippen molar-refractivity contribution in [2.24, 2.45) is 27.6 Å². The molecule has 0 radical (unpaired) electrons. The standard InChI is InChI=1S/C40H67N7O7S/c1-12-27-22-40(27,35(52)44-55(53,54)45(13-2)14-3)43-33(50)29-23-39(37(10,11)38(39)19-17-20-38)24-47(29)34(51)30(36(7,8)9)42-31(48)26(6)41-32(49)28-18-15-16-21-46(28)25(4)5/h12,25-30H,1,13-24H2,2-11H3,(H,41,49)(H,42,48)(H,43,50)(H,44,52)/t26-,27+,28-,29-,30+,39+,40+/m0/s1. The first-order chi connectivity index (χ1) is 25.5. The Hall–Kier alpha value is -3.04. The largest absolute Gasteiger partial charge is 0.343 e. The molecule has 5 aliphatic rings. The smallest absolute Gasteiger partial charge is 0.303 e. The topological polar surface area (TPSA) is 177 Å². The van der Waals surface area contributed by atoms with E-state index in [0.717, 1.165) is 43.0 Å². The summed E-state index contributed by atoms with van der Waals surface area (Å²) in [5.41, 5.74) is -2.82. The van der Waals surface area contributed by atoms with E-state index in [4.69, 9.17) is 0 Å². The van der Waals surface area contributed by atoms with E-state index in [9.17, 15) is 32.4 Å². The maximum Gasteiger partial charge on any atom is 0.303 e. The van der Waals surface area contributed by atoms with Crippen molar-refractivity contribution in [2.75, 3.05) is 26.2 Å². The molecule has 5 fully saturated rings. The summed E-state index contributed by atoms with van der Waals surface area (Å²) in [5.74, 6) is -3.00. The first-order valence-electron chi connectivity index (χ1n) is 20.4. The number of nitrogens with one attached hydrogen (secondary N) is 4. The van der Waals surface area contributed by atoms with Gasteiger partial charge in [-0.1, -0.05) is 67.4 Å². The van der Waals surface area contributed by atoms with Crippen LogP contribution in [0.5, 0.6) is 0 Å². The summed E-state index contributed by atoms with van der Waals surface area (Å²) < 4.78 is 29.4. The number of fused-ring (bicyclic) bond motifs is 1. The van der Waals surface area contributed by atoms with Crippen molar-refractivity contribution in [1.82, 2.24) is 34.8 Å². The molecule has 2 aliphatic heterocycles. The molecular formula is C40H67N7O7S. The van der Waals surface area contributed by atoms with E-state index in [1.165, 1.54) is 6.08 Å². The van der Waals surface area contributed by atoms with Crippen LogP contribution < -0.4 is 20.7 Å². The third kappa shape index (κ3) is 7.23. The Bertz CT molecular complexity index is 1670.